The minimum Gasteiger partial charge on any atom is -0.743 e. The van der Waals surface area contributed by atoms with E-state index in [0.29, 0.717) is 43.9 Å². The molecule has 0 amide bonds. The minimum absolute atomic E-state index is 0.0146. The normalized spacial score (nSPS) is 20.8. The molecule has 5 aliphatic rings. The number of esters is 6. The molecule has 0 saturated carbocycles. The van der Waals surface area contributed by atoms with Gasteiger partial charge in [-0.1, -0.05) is 107 Å². The van der Waals surface area contributed by atoms with Crippen LogP contribution in [0.15, 0.2) is 148 Å². The van der Waals surface area contributed by atoms with Crippen molar-refractivity contribution in [1.29, 1.82) is 0 Å². The van der Waals surface area contributed by atoms with E-state index in [1.165, 1.54) is 64.3 Å². The van der Waals surface area contributed by atoms with Gasteiger partial charge in [-0.25, -0.2) is 13.2 Å². The highest BCUT2D eigenvalue weighted by Crippen LogP contribution is 2.48. The van der Waals surface area contributed by atoms with Crippen LogP contribution in [0.5, 0.6) is 11.5 Å². The van der Waals surface area contributed by atoms with E-state index in [9.17, 15) is 55.6 Å². The van der Waals surface area contributed by atoms with Crippen molar-refractivity contribution in [2.24, 2.45) is 27.6 Å². The molecule has 3 fully saturated rings. The van der Waals surface area contributed by atoms with Gasteiger partial charge in [-0.3, -0.25) is 24.0 Å². The summed E-state index contributed by atoms with van der Waals surface area (Å²) in [6.45, 7) is 22.3. The van der Waals surface area contributed by atoms with Crippen LogP contribution in [-0.2, 0) is 91.0 Å². The van der Waals surface area contributed by atoms with E-state index >= 15 is 0 Å². The second kappa shape index (κ2) is 31.8. The molecule has 10 rings (SSSR count). The fraction of sp³-hybridized carbons (Fsp3) is 0.500. The second-order valence-electron chi connectivity index (χ2n) is 26.2. The second-order valence-corrected chi connectivity index (χ2v) is 29.6. The standard InChI is InChI=1S/C18H15S.C17H24O2.C15H18O5.C13H18O5.C9H16F2O5S/c1-4-10-16(11-5-1)19(17-12-6-2-7-13-17)18-14-8-3-9-15-18;1-4-17(2,3)16(18)19-15-12-8-6-10-13-9-5-7-11-14(13)15;1-4-15(2,3)14(18)20-12-8-9-7-10(16)5-6-11(9)19-13(12)17;1-4-13(2,3)12(15)18-9-7-5-6-8(16-7)10(9)17-11(6)14;1-5-8(3,4)7(12)16-6(2)9(10,11)17(13,14)15/h1-15H;5,7,9,11,15H,4,6,8,10,12H2,1-3H3;5-7,12,16H,4,8H2,1-3H3;6-10H,4-5H2,1-3H3;6H,5H2,1-4H3,(H,13,14,15)/q+1;;;;/p-1. The first kappa shape index (κ1) is 74.8. The van der Waals surface area contributed by atoms with Crippen LogP contribution in [0.4, 0.5) is 8.78 Å². The molecule has 17 nitrogen and oxygen atoms in total. The molecule has 0 radical (unpaired) electrons. The van der Waals surface area contributed by atoms with E-state index in [-0.39, 0.29) is 70.6 Å². The zero-order valence-electron chi connectivity index (χ0n) is 55.4. The maximum Gasteiger partial charge on any atom is 0.369 e. The number of aryl methyl sites for hydroxylation is 1. The molecular formula is C72H90F2O17S2. The highest BCUT2D eigenvalue weighted by Gasteiger charge is 2.65. The third-order valence-electron chi connectivity index (χ3n) is 17.8. The van der Waals surface area contributed by atoms with Crippen LogP contribution in [0.25, 0.3) is 0 Å². The third kappa shape index (κ3) is 19.0. The maximum atomic E-state index is 13.0. The number of benzene rings is 5. The molecule has 8 unspecified atom stereocenters. The highest BCUT2D eigenvalue weighted by atomic mass is 32.2. The average Bonchev–Trinajstić information content (AvgIpc) is 1.58. The number of ether oxygens (including phenoxy) is 7. The Hall–Kier alpha value is -7.20. The number of aromatic hydroxyl groups is 1. The van der Waals surface area contributed by atoms with E-state index in [4.69, 9.17) is 28.4 Å². The van der Waals surface area contributed by atoms with E-state index in [1.54, 1.807) is 20.8 Å². The van der Waals surface area contributed by atoms with Crippen molar-refractivity contribution < 1.29 is 88.8 Å². The first-order valence-electron chi connectivity index (χ1n) is 31.7. The average molecular weight is 1330 g/mol. The molecular weight excluding hydrogens is 1240 g/mol. The smallest absolute Gasteiger partial charge is 0.369 e. The Kier molecular flexibility index (Phi) is 25.6. The molecule has 5 aromatic carbocycles. The molecule has 1 aliphatic carbocycles. The van der Waals surface area contributed by atoms with Gasteiger partial charge in [0.15, 0.2) is 43.1 Å². The van der Waals surface area contributed by atoms with Crippen LogP contribution in [0, 0.1) is 27.6 Å². The lowest BCUT2D eigenvalue weighted by atomic mass is 9.87. The molecule has 3 saturated heterocycles. The lowest BCUT2D eigenvalue weighted by Gasteiger charge is -2.29. The Morgan fingerprint density at radius 2 is 1.08 bits per heavy atom. The molecule has 4 aliphatic heterocycles. The van der Waals surface area contributed by atoms with Gasteiger partial charge in [0.1, 0.15) is 23.7 Å². The van der Waals surface area contributed by atoms with Crippen LogP contribution in [-0.4, -0.2) is 95.8 Å². The first-order chi connectivity index (χ1) is 43.6. The van der Waals surface area contributed by atoms with Crippen molar-refractivity contribution in [1.82, 2.24) is 0 Å². The molecule has 21 heteroatoms. The van der Waals surface area contributed by atoms with Crippen LogP contribution in [0.2, 0.25) is 0 Å². The number of hydrogen-bond donors (Lipinski definition) is 1. The molecule has 506 valence electrons. The summed E-state index contributed by atoms with van der Waals surface area (Å²) in [6.07, 6.45) is 3.12. The van der Waals surface area contributed by atoms with Crippen molar-refractivity contribution >= 4 is 56.8 Å². The van der Waals surface area contributed by atoms with Crippen molar-refractivity contribution in [2.45, 2.75) is 217 Å². The molecule has 4 heterocycles. The number of rotatable bonds is 17. The summed E-state index contributed by atoms with van der Waals surface area (Å²) in [4.78, 5) is 75.2. The molecule has 93 heavy (non-hydrogen) atoms. The van der Waals surface area contributed by atoms with Gasteiger partial charge in [-0.05, 0) is 186 Å². The van der Waals surface area contributed by atoms with E-state index in [1.807, 2.05) is 54.5 Å². The van der Waals surface area contributed by atoms with Crippen molar-refractivity contribution in [3.05, 3.63) is 150 Å². The van der Waals surface area contributed by atoms with Gasteiger partial charge < -0.3 is 42.8 Å². The number of hydrogen-bond acceptors (Lipinski definition) is 17. The van der Waals surface area contributed by atoms with Gasteiger partial charge in [-0.15, -0.1) is 0 Å². The van der Waals surface area contributed by atoms with Gasteiger partial charge in [-0.2, -0.15) is 8.78 Å². The van der Waals surface area contributed by atoms with Crippen LogP contribution >= 0.6 is 0 Å². The van der Waals surface area contributed by atoms with Crippen molar-refractivity contribution in [3.8, 4) is 11.5 Å². The lowest BCUT2D eigenvalue weighted by molar-refractivity contribution is -0.170. The van der Waals surface area contributed by atoms with Crippen LogP contribution < -0.4 is 4.74 Å². The zero-order chi connectivity index (χ0) is 68.9. The number of alkyl halides is 2. The summed E-state index contributed by atoms with van der Waals surface area (Å²) in [5.41, 5.74) is 0.644. The molecule has 0 spiro atoms. The van der Waals surface area contributed by atoms with E-state index < -0.39 is 73.9 Å². The Labute approximate surface area is 549 Å². The number of phenols is 1. The molecule has 1 N–H and O–H groups in total. The topological polar surface area (TPSA) is 244 Å². The summed E-state index contributed by atoms with van der Waals surface area (Å²) in [7, 11) is -5.87. The molecule has 5 aromatic rings. The quantitative estimate of drug-likeness (QED) is 0.0227. The predicted molar refractivity (Wildman–Crippen MR) is 345 cm³/mol. The number of phenolic OH excluding ortho intramolecular Hbond substituents is 1. The number of fused-ring (bicyclic) bond motifs is 3. The summed E-state index contributed by atoms with van der Waals surface area (Å²) in [5.74, 6) is -2.17. The third-order valence-corrected chi connectivity index (χ3v) is 21.0. The monoisotopic (exact) mass is 1330 g/mol. The predicted octanol–water partition coefficient (Wildman–Crippen LogP) is 14.0. The summed E-state index contributed by atoms with van der Waals surface area (Å²) >= 11 is 0. The van der Waals surface area contributed by atoms with Gasteiger partial charge in [0.25, 0.3) is 0 Å². The minimum atomic E-state index is -5.86. The Morgan fingerprint density at radius 1 is 0.613 bits per heavy atom. The number of carbonyl (C=O) groups excluding carboxylic acids is 6. The maximum absolute atomic E-state index is 13.0. The SMILES string of the molecule is CCC(C)(C)C(=O)OC(C)C(F)(F)S(=O)(=O)[O-].CCC(C)(C)C(=O)OC1C2CC3C(=O)OC1C3O2.CCC(C)(C)C(=O)OC1CCCCc2ccccc21.CCC(C)(C)C(=O)OC1Cc2cc(O)ccc2OC1=O.c1ccc([S+](c2ccccc2)c2ccccc2)cc1. The van der Waals surface area contributed by atoms with Crippen LogP contribution in [0.3, 0.4) is 0 Å². The Balaban J connectivity index is 0.000000185. The van der Waals surface area contributed by atoms with Crippen molar-refractivity contribution in [3.63, 3.8) is 0 Å². The summed E-state index contributed by atoms with van der Waals surface area (Å²) in [6, 6.07) is 45.0. The van der Waals surface area contributed by atoms with Gasteiger partial charge in [0, 0.05) is 12.0 Å². The zero-order valence-corrected chi connectivity index (χ0v) is 57.1. The van der Waals surface area contributed by atoms with Gasteiger partial charge in [0.2, 0.25) is 6.10 Å². The highest BCUT2D eigenvalue weighted by molar-refractivity contribution is 7.97. The summed E-state index contributed by atoms with van der Waals surface area (Å²) in [5, 5.41) is 4.81. The summed E-state index contributed by atoms with van der Waals surface area (Å²) < 4.78 is 93.9. The van der Waals surface area contributed by atoms with Crippen LogP contribution in [0.1, 0.15) is 164 Å². The fourth-order valence-corrected chi connectivity index (χ4v) is 12.4. The molecule has 0 aromatic heterocycles. The largest absolute Gasteiger partial charge is 0.743 e. The number of halogens is 2. The Morgan fingerprint density at radius 3 is 1.57 bits per heavy atom. The van der Waals surface area contributed by atoms with Gasteiger partial charge >= 0.3 is 41.1 Å². The molecule has 8 atom stereocenters. The first-order valence-corrected chi connectivity index (χ1v) is 34.3. The molecule has 2 bridgehead atoms. The van der Waals surface area contributed by atoms with E-state index in [2.05, 4.69) is 114 Å². The van der Waals surface area contributed by atoms with E-state index in [0.717, 1.165) is 25.7 Å². The lowest BCUT2D eigenvalue weighted by Crippen LogP contribution is -2.44. The fourth-order valence-electron chi connectivity index (χ4n) is 9.86. The van der Waals surface area contributed by atoms with Gasteiger partial charge in [0.05, 0.1) is 44.6 Å². The Bertz CT molecular complexity index is 3370. The van der Waals surface area contributed by atoms with Crippen molar-refractivity contribution in [2.75, 3.05) is 0 Å². The number of carbonyl (C=O) groups is 6.